The predicted molar refractivity (Wildman–Crippen MR) is 127 cm³/mol. The Morgan fingerprint density at radius 1 is 1.22 bits per heavy atom. The van der Waals surface area contributed by atoms with E-state index < -0.39 is 83.4 Å². The van der Waals surface area contributed by atoms with Gasteiger partial charge in [0, 0.05) is 27.0 Å². The molecule has 0 bridgehead atoms. The van der Waals surface area contributed by atoms with Gasteiger partial charge < -0.3 is 25.5 Å². The van der Waals surface area contributed by atoms with Crippen LogP contribution in [-0.4, -0.2) is 97.2 Å². The van der Waals surface area contributed by atoms with Crippen LogP contribution in [0.1, 0.15) is 37.9 Å². The highest BCUT2D eigenvalue weighted by Gasteiger charge is 2.64. The Hall–Kier alpha value is -3.61. The molecule has 4 atom stereocenters. The first-order chi connectivity index (χ1) is 18.4. The van der Waals surface area contributed by atoms with E-state index in [2.05, 4.69) is 10.6 Å². The number of urea groups is 1. The second-order valence-electron chi connectivity index (χ2n) is 8.79. The van der Waals surface area contributed by atoms with Crippen LogP contribution < -0.4 is 10.6 Å². The van der Waals surface area contributed by atoms with E-state index in [1.807, 2.05) is 0 Å². The molecule has 0 unspecified atom stereocenters. The summed E-state index contributed by atoms with van der Waals surface area (Å²) in [5.74, 6) is -5.76. The summed E-state index contributed by atoms with van der Waals surface area (Å²) in [5.41, 5.74) is 0.211. The number of hydrogen-bond acceptors (Lipinski definition) is 7. The van der Waals surface area contributed by atoms with Crippen molar-refractivity contribution in [3.63, 3.8) is 0 Å². The van der Waals surface area contributed by atoms with E-state index in [4.69, 9.17) is 5.48 Å². The molecule has 192 valence electrons. The Bertz CT molecular complexity index is 1290. The number of benzene rings is 1. The van der Waals surface area contributed by atoms with Crippen LogP contribution in [-0.2, 0) is 24.0 Å². The molecule has 0 spiro atoms. The Labute approximate surface area is 217 Å². The molecule has 3 heterocycles. The van der Waals surface area contributed by atoms with E-state index in [0.29, 0.717) is 4.90 Å². The van der Waals surface area contributed by atoms with Gasteiger partial charge in [0.25, 0.3) is 0 Å². The average molecular weight is 522 g/mol. The van der Waals surface area contributed by atoms with Crippen LogP contribution in [0.15, 0.2) is 30.3 Å². The first-order valence-corrected chi connectivity index (χ1v) is 11.8. The van der Waals surface area contributed by atoms with Gasteiger partial charge in [-0.2, -0.15) is 0 Å². The van der Waals surface area contributed by atoms with Gasteiger partial charge in [0.2, 0.25) is 11.8 Å². The minimum absolute atomic E-state index is 0.00380. The number of aliphatic carboxylic acids is 1. The maximum atomic E-state index is 13.4. The first-order valence-electron chi connectivity index (χ1n) is 12.9. The lowest BCUT2D eigenvalue weighted by molar-refractivity contribution is -0.161. The Kier molecular flexibility index (Phi) is 5.40. The molecule has 3 aliphatic rings. The number of thioether (sulfide) groups is 1. The Balaban J connectivity index is 1.57. The molecule has 1 aromatic carbocycles. The van der Waals surface area contributed by atoms with Crippen molar-refractivity contribution in [2.24, 2.45) is 0 Å². The maximum Gasteiger partial charge on any atom is 0.327 e. The summed E-state index contributed by atoms with van der Waals surface area (Å²) in [7, 11) is 0. The summed E-state index contributed by atoms with van der Waals surface area (Å²) >= 11 is 1.20. The predicted octanol–water partition coefficient (Wildman–Crippen LogP) is -0.240. The van der Waals surface area contributed by atoms with Gasteiger partial charge >= 0.3 is 23.8 Å². The molecule has 3 N–H and O–H groups in total. The van der Waals surface area contributed by atoms with Crippen LogP contribution in [0, 0.1) is 0 Å². The van der Waals surface area contributed by atoms with Crippen molar-refractivity contribution < 1.29 is 39.4 Å². The maximum absolute atomic E-state index is 13.4. The van der Waals surface area contributed by atoms with Crippen LogP contribution in [0.3, 0.4) is 0 Å². The number of carboxylic acid groups (broad SMARTS) is 1. The minimum atomic E-state index is -2.82. The molecular formula is C23H27N5O7S. The van der Waals surface area contributed by atoms with E-state index in [9.17, 15) is 33.9 Å². The molecule has 6 amide bonds. The number of nitrogens with zero attached hydrogens (tertiary/aromatic N) is 3. The van der Waals surface area contributed by atoms with Crippen molar-refractivity contribution in [2.75, 3.05) is 19.5 Å². The fourth-order valence-electron chi connectivity index (χ4n) is 4.36. The highest BCUT2D eigenvalue weighted by Crippen LogP contribution is 2.50. The fourth-order valence-corrected chi connectivity index (χ4v) is 5.98. The van der Waals surface area contributed by atoms with Crippen LogP contribution in [0.4, 0.5) is 4.79 Å². The number of β-lactam (4-membered cyclic amide) rings is 1. The summed E-state index contributed by atoms with van der Waals surface area (Å²) in [6.45, 7) is -1.84. The van der Waals surface area contributed by atoms with Crippen molar-refractivity contribution in [2.45, 2.75) is 49.0 Å². The van der Waals surface area contributed by atoms with Crippen LogP contribution >= 0.6 is 11.8 Å². The summed E-state index contributed by atoms with van der Waals surface area (Å²) in [4.78, 5) is 78.1. The number of nitrogens with one attached hydrogen (secondary N) is 2. The summed E-state index contributed by atoms with van der Waals surface area (Å²) in [6.07, 6.45) is 0. The molecule has 3 saturated heterocycles. The van der Waals surface area contributed by atoms with Crippen LogP contribution in [0.5, 0.6) is 0 Å². The van der Waals surface area contributed by atoms with E-state index in [1.54, 1.807) is 32.0 Å². The van der Waals surface area contributed by atoms with Crippen molar-refractivity contribution >= 4 is 47.4 Å². The van der Waals surface area contributed by atoms with E-state index in [1.165, 1.54) is 28.8 Å². The number of rotatable bonds is 6. The summed E-state index contributed by atoms with van der Waals surface area (Å²) in [6, 6.07) is 2.52. The lowest BCUT2D eigenvalue weighted by atomic mass is 9.95. The zero-order valence-corrected chi connectivity index (χ0v) is 20.4. The molecule has 3 aliphatic heterocycles. The van der Waals surface area contributed by atoms with Gasteiger partial charge in [-0.1, -0.05) is 30.3 Å². The van der Waals surface area contributed by atoms with Crippen LogP contribution in [0.25, 0.3) is 0 Å². The molecule has 13 heteroatoms. The van der Waals surface area contributed by atoms with E-state index in [-0.39, 0.29) is 10.5 Å². The Morgan fingerprint density at radius 3 is 2.50 bits per heavy atom. The molecule has 36 heavy (non-hydrogen) atoms. The standard InChI is InChI=1S/C23H27N5O7S/c1-4-26-10-11-27(19(32)18(26)31)22(35)25-13(12-8-6-5-7-9-12)16(29)24-14-17(30)28-15(21(33)34)23(2,3)36-20(14)28/h5-9,13-15,20H,4,10-11H2,1-3H3,(H,24,29)(H,25,35)(H,33,34)/t13-,14-,15+,20-/m1/s1/i4D2,11D2. The third-order valence-corrected chi connectivity index (χ3v) is 7.70. The van der Waals surface area contributed by atoms with E-state index in [0.717, 1.165) is 6.92 Å². The molecule has 4 rings (SSSR count). The van der Waals surface area contributed by atoms with Gasteiger partial charge in [0.05, 0.1) is 2.74 Å². The van der Waals surface area contributed by atoms with Crippen molar-refractivity contribution in [3.8, 4) is 0 Å². The normalized spacial score (nSPS) is 29.1. The Morgan fingerprint density at radius 2 is 1.89 bits per heavy atom. The largest absolute Gasteiger partial charge is 0.480 e. The monoisotopic (exact) mass is 521 g/mol. The lowest BCUT2D eigenvalue weighted by Crippen LogP contribution is -2.71. The lowest BCUT2D eigenvalue weighted by Gasteiger charge is -2.44. The molecule has 0 aromatic heterocycles. The summed E-state index contributed by atoms with van der Waals surface area (Å²) < 4.78 is 31.0. The van der Waals surface area contributed by atoms with Gasteiger partial charge in [-0.25, -0.2) is 9.59 Å². The topological polar surface area (TPSA) is 156 Å². The van der Waals surface area contributed by atoms with Crippen molar-refractivity contribution in [1.82, 2.24) is 25.3 Å². The zero-order chi connectivity index (χ0) is 29.9. The zero-order valence-electron chi connectivity index (χ0n) is 23.5. The highest BCUT2D eigenvalue weighted by atomic mass is 32.2. The van der Waals surface area contributed by atoms with Gasteiger partial charge in [0.1, 0.15) is 23.5 Å². The molecule has 0 aliphatic carbocycles. The number of carboxylic acids is 1. The number of piperazine rings is 1. The second-order valence-corrected chi connectivity index (χ2v) is 10.6. The fraction of sp³-hybridized carbons (Fsp3) is 0.478. The van der Waals surface area contributed by atoms with Crippen molar-refractivity contribution in [3.05, 3.63) is 35.9 Å². The van der Waals surface area contributed by atoms with Gasteiger partial charge in [-0.15, -0.1) is 11.8 Å². The number of carbonyl (C=O) groups excluding carboxylic acids is 5. The molecule has 1 aromatic rings. The quantitative estimate of drug-likeness (QED) is 0.342. The smallest absolute Gasteiger partial charge is 0.327 e. The van der Waals surface area contributed by atoms with Gasteiger partial charge in [-0.05, 0) is 26.3 Å². The number of imide groups is 1. The van der Waals surface area contributed by atoms with Crippen LogP contribution in [0.2, 0.25) is 0 Å². The highest BCUT2D eigenvalue weighted by molar-refractivity contribution is 8.01. The van der Waals surface area contributed by atoms with Crippen molar-refractivity contribution in [1.29, 1.82) is 0 Å². The number of hydrogen-bond donors (Lipinski definition) is 3. The minimum Gasteiger partial charge on any atom is -0.480 e. The second kappa shape index (κ2) is 9.45. The number of amides is 6. The third-order valence-electron chi connectivity index (χ3n) is 6.13. The number of carbonyl (C=O) groups is 6. The summed E-state index contributed by atoms with van der Waals surface area (Å²) in [5, 5.41) is 13.7. The number of fused-ring (bicyclic) bond motifs is 1. The SMILES string of the molecule is [2H]C([2H])(C)N1CC([2H])([2H])N(C(=O)N[C@@H](C(=O)N[C@@H]2C(=O)N3[C@@H]2SC(C)(C)[C@@H]3C(=O)O)c2ccccc2)C(=O)C1=O. The third kappa shape index (κ3) is 4.27. The number of likely N-dealkylation sites (N-methyl/N-ethyl adjacent to an activating group) is 1. The molecular weight excluding hydrogens is 490 g/mol. The van der Waals surface area contributed by atoms with E-state index >= 15 is 0 Å². The average Bonchev–Trinajstić information content (AvgIpc) is 3.10. The molecule has 12 nitrogen and oxygen atoms in total. The molecule has 3 fully saturated rings. The molecule has 0 saturated carbocycles. The first kappa shape index (κ1) is 20.6. The van der Waals surface area contributed by atoms with Gasteiger partial charge in [-0.3, -0.25) is 24.1 Å². The molecule has 0 radical (unpaired) electrons. The van der Waals surface area contributed by atoms with Gasteiger partial charge in [0.15, 0.2) is 0 Å².